The second-order valence-corrected chi connectivity index (χ2v) is 17.3. The van der Waals surface area contributed by atoms with Gasteiger partial charge in [0.05, 0.1) is 0 Å². The maximum absolute atomic E-state index is 13.6. The van der Waals surface area contributed by atoms with Crippen LogP contribution in [0.1, 0.15) is 137 Å². The summed E-state index contributed by atoms with van der Waals surface area (Å²) in [5.74, 6) is 5.01. The van der Waals surface area contributed by atoms with Gasteiger partial charge >= 0.3 is 6.09 Å². The van der Waals surface area contributed by atoms with E-state index in [4.69, 9.17) is 27.7 Å². The van der Waals surface area contributed by atoms with E-state index in [-0.39, 0.29) is 17.6 Å². The molecule has 0 heterocycles. The number of nitrogens with zero attached hydrogens (tertiary/aromatic N) is 1. The number of fused-ring (bicyclic) bond motifs is 5. The highest BCUT2D eigenvalue weighted by molar-refractivity contribution is 5.67. The minimum Gasteiger partial charge on any atom is -0.446 e. The molecule has 0 aromatic heterocycles. The lowest BCUT2D eigenvalue weighted by atomic mass is 9.47. The fraction of sp³-hybridized carbons (Fsp3) is 0.923. The van der Waals surface area contributed by atoms with Crippen LogP contribution < -0.4 is 33.6 Å². The standard InChI is InChI=1S/C39H75N7O2/c1-27(2)12-11-13-28(3)32-16-17-33-31-15-14-29-26-30(18-20-38(29,4)34(31)19-21-39(32,33)5)48-37(47)46(25-10-8-23-45-36(42)43)24-9-6-7-22-44-35(40)41/h14,27-28,30-36,44-45H,6-13,15-26,40-43H2,1-5H3. The monoisotopic (exact) mass is 674 g/mol. The molecule has 0 aromatic rings. The van der Waals surface area contributed by atoms with Gasteiger partial charge in [-0.25, -0.2) is 4.79 Å². The number of allylic oxidation sites excluding steroid dienone is 1. The maximum atomic E-state index is 13.6. The molecule has 8 atom stereocenters. The highest BCUT2D eigenvalue weighted by Gasteiger charge is 2.59. The van der Waals surface area contributed by atoms with Crippen LogP contribution in [0.3, 0.4) is 0 Å². The average molecular weight is 674 g/mol. The second-order valence-electron chi connectivity index (χ2n) is 17.3. The zero-order valence-corrected chi connectivity index (χ0v) is 31.5. The number of carbonyl (C=O) groups excluding carboxylic acids is 1. The summed E-state index contributed by atoms with van der Waals surface area (Å²) in [5, 5.41) is 6.12. The van der Waals surface area contributed by atoms with E-state index in [0.717, 1.165) is 100.0 Å². The Hall–Kier alpha value is -1.23. The van der Waals surface area contributed by atoms with Gasteiger partial charge in [0, 0.05) is 19.5 Å². The quantitative estimate of drug-likeness (QED) is 0.0525. The summed E-state index contributed by atoms with van der Waals surface area (Å²) in [6.45, 7) is 15.4. The third-order valence-corrected chi connectivity index (χ3v) is 13.5. The number of carbonyl (C=O) groups is 1. The lowest BCUT2D eigenvalue weighted by molar-refractivity contribution is -0.0593. The Morgan fingerprint density at radius 2 is 1.52 bits per heavy atom. The number of nitrogens with one attached hydrogen (secondary N) is 2. The van der Waals surface area contributed by atoms with Gasteiger partial charge < -0.3 is 32.6 Å². The van der Waals surface area contributed by atoms with Crippen molar-refractivity contribution >= 4 is 6.09 Å². The lowest BCUT2D eigenvalue weighted by Crippen LogP contribution is -2.51. The molecule has 0 bridgehead atoms. The molecule has 48 heavy (non-hydrogen) atoms. The minimum atomic E-state index is -0.510. The zero-order chi connectivity index (χ0) is 34.9. The van der Waals surface area contributed by atoms with Gasteiger partial charge in [-0.2, -0.15) is 0 Å². The van der Waals surface area contributed by atoms with Crippen molar-refractivity contribution in [2.24, 2.45) is 69.3 Å². The fourth-order valence-corrected chi connectivity index (χ4v) is 10.8. The third-order valence-electron chi connectivity index (χ3n) is 13.5. The van der Waals surface area contributed by atoms with Crippen molar-refractivity contribution in [3.05, 3.63) is 11.6 Å². The van der Waals surface area contributed by atoms with Gasteiger partial charge in [0.15, 0.2) is 0 Å². The molecule has 3 saturated carbocycles. The van der Waals surface area contributed by atoms with Crippen molar-refractivity contribution in [3.63, 3.8) is 0 Å². The van der Waals surface area contributed by atoms with Crippen molar-refractivity contribution in [2.75, 3.05) is 26.2 Å². The van der Waals surface area contributed by atoms with Gasteiger partial charge in [-0.05, 0) is 130 Å². The Bertz CT molecular complexity index is 1020. The van der Waals surface area contributed by atoms with Crippen LogP contribution in [0.4, 0.5) is 4.79 Å². The molecule has 0 aromatic carbocycles. The SMILES string of the molecule is CC(C)CCCC(C)C1CCC2C3CC=C4CC(OC(=O)N(CCCCCNC(N)N)CCCCNC(N)N)CCC4(C)C3CCC12C. The van der Waals surface area contributed by atoms with Gasteiger partial charge in [-0.15, -0.1) is 0 Å². The minimum absolute atomic E-state index is 0.0283. The number of ether oxygens (including phenoxy) is 1. The number of hydrogen-bond acceptors (Lipinski definition) is 8. The van der Waals surface area contributed by atoms with E-state index in [1.165, 1.54) is 51.4 Å². The number of amides is 1. The van der Waals surface area contributed by atoms with Crippen LogP contribution in [-0.2, 0) is 4.74 Å². The third kappa shape index (κ3) is 10.2. The predicted octanol–water partition coefficient (Wildman–Crippen LogP) is 6.37. The first-order chi connectivity index (χ1) is 22.8. The summed E-state index contributed by atoms with van der Waals surface area (Å²) in [6, 6.07) is 0. The first-order valence-electron chi connectivity index (χ1n) is 20.0. The first-order valence-corrected chi connectivity index (χ1v) is 20.0. The van der Waals surface area contributed by atoms with Crippen molar-refractivity contribution in [1.82, 2.24) is 15.5 Å². The van der Waals surface area contributed by atoms with Crippen LogP contribution in [0, 0.1) is 46.3 Å². The Morgan fingerprint density at radius 3 is 2.19 bits per heavy atom. The van der Waals surface area contributed by atoms with Crippen molar-refractivity contribution in [2.45, 2.75) is 156 Å². The molecular formula is C39H75N7O2. The van der Waals surface area contributed by atoms with Crippen LogP contribution >= 0.6 is 0 Å². The van der Waals surface area contributed by atoms with E-state index in [1.807, 2.05) is 4.90 Å². The molecule has 0 radical (unpaired) electrons. The van der Waals surface area contributed by atoms with Gasteiger partial charge in [0.25, 0.3) is 0 Å². The highest BCUT2D eigenvalue weighted by atomic mass is 16.6. The Labute approximate surface area is 293 Å². The molecule has 0 saturated heterocycles. The van der Waals surface area contributed by atoms with Crippen LogP contribution in [0.15, 0.2) is 11.6 Å². The molecule has 1 amide bonds. The van der Waals surface area contributed by atoms with Gasteiger partial charge in [-0.1, -0.05) is 72.0 Å². The zero-order valence-electron chi connectivity index (χ0n) is 31.5. The van der Waals surface area contributed by atoms with Crippen LogP contribution in [-0.4, -0.2) is 55.9 Å². The molecule has 9 nitrogen and oxygen atoms in total. The summed E-state index contributed by atoms with van der Waals surface area (Å²) >= 11 is 0. The Morgan fingerprint density at radius 1 is 0.854 bits per heavy atom. The summed E-state index contributed by atoms with van der Waals surface area (Å²) < 4.78 is 6.31. The van der Waals surface area contributed by atoms with Crippen molar-refractivity contribution in [1.29, 1.82) is 0 Å². The highest BCUT2D eigenvalue weighted by Crippen LogP contribution is 2.67. The topological polar surface area (TPSA) is 158 Å². The number of rotatable bonds is 19. The second kappa shape index (κ2) is 18.3. The molecule has 4 aliphatic carbocycles. The number of unbranched alkanes of at least 4 members (excludes halogenated alkanes) is 3. The van der Waals surface area contributed by atoms with Crippen LogP contribution in [0.25, 0.3) is 0 Å². The smallest absolute Gasteiger partial charge is 0.410 e. The van der Waals surface area contributed by atoms with E-state index in [1.54, 1.807) is 5.57 Å². The van der Waals surface area contributed by atoms with E-state index >= 15 is 0 Å². The molecule has 3 fully saturated rings. The molecule has 4 aliphatic rings. The van der Waals surface area contributed by atoms with Crippen LogP contribution in [0.5, 0.6) is 0 Å². The Kier molecular flexibility index (Phi) is 15.1. The first kappa shape index (κ1) is 39.6. The van der Waals surface area contributed by atoms with Crippen molar-refractivity contribution < 1.29 is 9.53 Å². The molecular weight excluding hydrogens is 598 g/mol. The summed E-state index contributed by atoms with van der Waals surface area (Å²) in [6.07, 6.45) is 20.1. The Balaban J connectivity index is 1.32. The average Bonchev–Trinajstić information content (AvgIpc) is 3.38. The summed E-state index contributed by atoms with van der Waals surface area (Å²) in [5.41, 5.74) is 24.8. The van der Waals surface area contributed by atoms with Crippen molar-refractivity contribution in [3.8, 4) is 0 Å². The fourth-order valence-electron chi connectivity index (χ4n) is 10.8. The molecule has 278 valence electrons. The van der Waals surface area contributed by atoms with Crippen LogP contribution in [0.2, 0.25) is 0 Å². The van der Waals surface area contributed by atoms with E-state index in [2.05, 4.69) is 51.3 Å². The lowest BCUT2D eigenvalue weighted by Gasteiger charge is -2.58. The molecule has 4 rings (SSSR count). The number of nitrogens with two attached hydrogens (primary N) is 4. The maximum Gasteiger partial charge on any atom is 0.410 e. The normalized spacial score (nSPS) is 32.2. The molecule has 8 unspecified atom stereocenters. The largest absolute Gasteiger partial charge is 0.446 e. The molecule has 0 spiro atoms. The van der Waals surface area contributed by atoms with Gasteiger partial charge in [0.2, 0.25) is 0 Å². The number of hydrogen-bond donors (Lipinski definition) is 6. The van der Waals surface area contributed by atoms with E-state index in [0.29, 0.717) is 18.5 Å². The molecule has 10 N–H and O–H groups in total. The summed E-state index contributed by atoms with van der Waals surface area (Å²) in [7, 11) is 0. The predicted molar refractivity (Wildman–Crippen MR) is 198 cm³/mol. The van der Waals surface area contributed by atoms with Gasteiger partial charge in [0.1, 0.15) is 18.7 Å². The van der Waals surface area contributed by atoms with Gasteiger partial charge in [-0.3, -0.25) is 10.6 Å². The molecule has 0 aliphatic heterocycles. The van der Waals surface area contributed by atoms with E-state index in [9.17, 15) is 4.79 Å². The molecule has 9 heteroatoms. The summed E-state index contributed by atoms with van der Waals surface area (Å²) in [4.78, 5) is 15.5. The van der Waals surface area contributed by atoms with E-state index < -0.39 is 12.6 Å².